The van der Waals surface area contributed by atoms with Crippen molar-refractivity contribution in [1.82, 2.24) is 19.9 Å². The fourth-order valence-corrected chi connectivity index (χ4v) is 4.69. The molecule has 1 aliphatic carbocycles. The third-order valence-electron chi connectivity index (χ3n) is 5.40. The number of hydrogen-bond donors (Lipinski definition) is 2. The van der Waals surface area contributed by atoms with E-state index in [4.69, 9.17) is 4.74 Å². The summed E-state index contributed by atoms with van der Waals surface area (Å²) >= 11 is 1.40. The van der Waals surface area contributed by atoms with E-state index < -0.39 is 17.7 Å². The lowest BCUT2D eigenvalue weighted by molar-refractivity contribution is 0.0494. The summed E-state index contributed by atoms with van der Waals surface area (Å²) in [5.74, 6) is -0.363. The minimum atomic E-state index is -0.957. The fourth-order valence-electron chi connectivity index (χ4n) is 3.69. The maximum Gasteiger partial charge on any atom is 0.408 e. The van der Waals surface area contributed by atoms with Gasteiger partial charge in [0.15, 0.2) is 5.82 Å². The Morgan fingerprint density at radius 2 is 1.88 bits per heavy atom. The summed E-state index contributed by atoms with van der Waals surface area (Å²) in [4.78, 5) is 28.7. The topological polar surface area (TPSA) is 106 Å². The van der Waals surface area contributed by atoms with Crippen LogP contribution in [0.25, 0.3) is 26.6 Å². The minimum Gasteiger partial charge on any atom is -0.478 e. The third-order valence-corrected chi connectivity index (χ3v) is 6.39. The van der Waals surface area contributed by atoms with E-state index in [0.717, 1.165) is 34.2 Å². The van der Waals surface area contributed by atoms with Gasteiger partial charge in [0, 0.05) is 5.56 Å². The molecule has 0 aliphatic heterocycles. The highest BCUT2D eigenvalue weighted by atomic mass is 32.1. The van der Waals surface area contributed by atoms with E-state index in [1.165, 1.54) is 11.3 Å². The molecule has 0 atom stereocenters. The van der Waals surface area contributed by atoms with Crippen LogP contribution in [0.4, 0.5) is 4.79 Å². The number of nitrogens with zero attached hydrogens (tertiary/aromatic N) is 3. The van der Waals surface area contributed by atoms with E-state index in [-0.39, 0.29) is 11.1 Å². The molecule has 164 valence electrons. The zero-order chi connectivity index (χ0) is 22.7. The lowest BCUT2D eigenvalue weighted by atomic mass is 10.0. The molecule has 9 heteroatoms. The van der Waals surface area contributed by atoms with Gasteiger partial charge < -0.3 is 15.2 Å². The maximum absolute atomic E-state index is 12.2. The number of fused-ring (bicyclic) bond motifs is 3. The zero-order valence-corrected chi connectivity index (χ0v) is 18.7. The summed E-state index contributed by atoms with van der Waals surface area (Å²) in [6.45, 7) is 5.54. The van der Waals surface area contributed by atoms with Crippen LogP contribution in [0.3, 0.4) is 0 Å². The number of ether oxygens (including phenoxy) is 1. The second-order valence-electron chi connectivity index (χ2n) is 9.01. The van der Waals surface area contributed by atoms with Crippen LogP contribution in [0.5, 0.6) is 0 Å². The van der Waals surface area contributed by atoms with Crippen LogP contribution in [-0.4, -0.2) is 37.4 Å². The number of thiazole rings is 1. The largest absolute Gasteiger partial charge is 0.478 e. The minimum absolute atomic E-state index is 0.242. The number of benzene rings is 2. The van der Waals surface area contributed by atoms with Gasteiger partial charge in [-0.2, -0.15) is 4.98 Å². The molecule has 2 aromatic carbocycles. The molecule has 32 heavy (non-hydrogen) atoms. The number of carbonyl (C=O) groups excluding carboxylic acids is 1. The lowest BCUT2D eigenvalue weighted by Crippen LogP contribution is -2.39. The van der Waals surface area contributed by atoms with Crippen molar-refractivity contribution in [1.29, 1.82) is 0 Å². The van der Waals surface area contributed by atoms with Crippen LogP contribution in [0, 0.1) is 0 Å². The van der Waals surface area contributed by atoms with E-state index >= 15 is 0 Å². The number of carboxylic acids is 1. The summed E-state index contributed by atoms with van der Waals surface area (Å²) in [6.07, 6.45) is 1.33. The number of aromatic nitrogens is 3. The molecule has 0 saturated heterocycles. The molecule has 0 unspecified atom stereocenters. The summed E-state index contributed by atoms with van der Waals surface area (Å²) in [5.41, 5.74) is 2.05. The Labute approximate surface area is 187 Å². The molecule has 2 heterocycles. The molecule has 0 spiro atoms. The van der Waals surface area contributed by atoms with Crippen LogP contribution >= 0.6 is 11.3 Å². The molecule has 2 N–H and O–H groups in total. The van der Waals surface area contributed by atoms with Crippen LogP contribution in [0.15, 0.2) is 42.5 Å². The first-order valence-corrected chi connectivity index (χ1v) is 11.1. The van der Waals surface area contributed by atoms with Gasteiger partial charge in [0.05, 0.1) is 21.3 Å². The van der Waals surface area contributed by atoms with Gasteiger partial charge >= 0.3 is 12.1 Å². The first kappa shape index (κ1) is 20.4. The van der Waals surface area contributed by atoms with E-state index in [1.807, 2.05) is 45.0 Å². The molecule has 5 rings (SSSR count). The number of carboxylic acid groups (broad SMARTS) is 1. The second kappa shape index (κ2) is 7.03. The second-order valence-corrected chi connectivity index (χ2v) is 10.0. The quantitative estimate of drug-likeness (QED) is 0.462. The molecule has 1 fully saturated rings. The molecule has 2 aromatic heterocycles. The standard InChI is InChI=1S/C23H22N4O4S/c1-22(2,3)31-21(30)25-23(10-11-23)15-7-4-13(5-8-15)18-24-20-27(26-18)16-9-6-14(19(28)29)12-17(16)32-20/h4-9,12H,10-11H2,1-3H3,(H,25,30)(H,28,29). The molecular formula is C23H22N4O4S. The molecule has 1 aliphatic rings. The number of alkyl carbamates (subject to hydrolysis) is 1. The Kier molecular flexibility index (Phi) is 4.49. The van der Waals surface area contributed by atoms with Crippen molar-refractivity contribution in [2.75, 3.05) is 0 Å². The first-order chi connectivity index (χ1) is 15.1. The Hall–Kier alpha value is -3.46. The summed E-state index contributed by atoms with van der Waals surface area (Å²) < 4.78 is 7.97. The molecular weight excluding hydrogens is 428 g/mol. The average Bonchev–Trinajstić information content (AvgIpc) is 3.24. The highest BCUT2D eigenvalue weighted by Gasteiger charge is 2.46. The summed E-state index contributed by atoms with van der Waals surface area (Å²) in [5, 5.41) is 16.8. The predicted octanol–water partition coefficient (Wildman–Crippen LogP) is 4.82. The third kappa shape index (κ3) is 3.69. The normalized spacial score (nSPS) is 15.1. The van der Waals surface area contributed by atoms with Gasteiger partial charge in [-0.15, -0.1) is 5.10 Å². The number of nitrogens with one attached hydrogen (secondary N) is 1. The number of hydrogen-bond acceptors (Lipinski definition) is 6. The Bertz CT molecular complexity index is 1360. The van der Waals surface area contributed by atoms with E-state index in [0.29, 0.717) is 10.8 Å². The average molecular weight is 451 g/mol. The van der Waals surface area contributed by atoms with E-state index in [2.05, 4.69) is 15.4 Å². The highest BCUT2D eigenvalue weighted by molar-refractivity contribution is 7.23. The van der Waals surface area contributed by atoms with Crippen molar-refractivity contribution in [3.63, 3.8) is 0 Å². The SMILES string of the molecule is CC(C)(C)OC(=O)NC1(c2ccc(-c3nc4sc5cc(C(=O)O)ccc5n4n3)cc2)CC1. The number of rotatable bonds is 4. The highest BCUT2D eigenvalue weighted by Crippen LogP contribution is 2.46. The lowest BCUT2D eigenvalue weighted by Gasteiger charge is -2.23. The van der Waals surface area contributed by atoms with Crippen molar-refractivity contribution in [3.05, 3.63) is 53.6 Å². The maximum atomic E-state index is 12.2. The van der Waals surface area contributed by atoms with Gasteiger partial charge in [0.25, 0.3) is 0 Å². The summed E-state index contributed by atoms with van der Waals surface area (Å²) in [6, 6.07) is 12.9. The van der Waals surface area contributed by atoms with Crippen LogP contribution in [0.1, 0.15) is 49.5 Å². The molecule has 1 amide bonds. The number of amides is 1. The predicted molar refractivity (Wildman–Crippen MR) is 121 cm³/mol. The molecule has 1 saturated carbocycles. The van der Waals surface area contributed by atoms with Crippen molar-refractivity contribution < 1.29 is 19.4 Å². The van der Waals surface area contributed by atoms with Crippen LogP contribution in [0.2, 0.25) is 0 Å². The molecule has 4 aromatic rings. The van der Waals surface area contributed by atoms with Crippen molar-refractivity contribution >= 4 is 38.6 Å². The Balaban J connectivity index is 1.39. The van der Waals surface area contributed by atoms with Gasteiger partial charge in [0.2, 0.25) is 4.96 Å². The van der Waals surface area contributed by atoms with Gasteiger partial charge in [-0.1, -0.05) is 35.6 Å². The zero-order valence-electron chi connectivity index (χ0n) is 17.9. The molecule has 0 radical (unpaired) electrons. The molecule has 0 bridgehead atoms. The van der Waals surface area contributed by atoms with Crippen LogP contribution in [-0.2, 0) is 10.3 Å². The van der Waals surface area contributed by atoms with Gasteiger partial charge in [-0.25, -0.2) is 14.1 Å². The molecule has 8 nitrogen and oxygen atoms in total. The number of aromatic carboxylic acids is 1. The Morgan fingerprint density at radius 1 is 1.16 bits per heavy atom. The van der Waals surface area contributed by atoms with Gasteiger partial charge in [-0.3, -0.25) is 0 Å². The van der Waals surface area contributed by atoms with Crippen molar-refractivity contribution in [3.8, 4) is 11.4 Å². The van der Waals surface area contributed by atoms with Gasteiger partial charge in [-0.05, 0) is 57.4 Å². The summed E-state index contributed by atoms with van der Waals surface area (Å²) in [7, 11) is 0. The van der Waals surface area contributed by atoms with Crippen molar-refractivity contribution in [2.45, 2.75) is 44.8 Å². The van der Waals surface area contributed by atoms with Crippen LogP contribution < -0.4 is 5.32 Å². The van der Waals surface area contributed by atoms with E-state index in [9.17, 15) is 14.7 Å². The van der Waals surface area contributed by atoms with Gasteiger partial charge in [0.1, 0.15) is 5.60 Å². The monoisotopic (exact) mass is 450 g/mol. The van der Waals surface area contributed by atoms with E-state index in [1.54, 1.807) is 22.7 Å². The Morgan fingerprint density at radius 3 is 2.50 bits per heavy atom. The smallest absolute Gasteiger partial charge is 0.408 e. The number of carbonyl (C=O) groups is 2. The van der Waals surface area contributed by atoms with Crippen molar-refractivity contribution in [2.24, 2.45) is 0 Å². The first-order valence-electron chi connectivity index (χ1n) is 10.3. The fraction of sp³-hybridized carbons (Fsp3) is 0.304.